The highest BCUT2D eigenvalue weighted by Crippen LogP contribution is 2.31. The Morgan fingerprint density at radius 3 is 1.96 bits per heavy atom. The van der Waals surface area contributed by atoms with Gasteiger partial charge in [-0.1, -0.05) is 24.3 Å². The van der Waals surface area contributed by atoms with E-state index in [9.17, 15) is 4.79 Å². The van der Waals surface area contributed by atoms with Crippen molar-refractivity contribution in [2.24, 2.45) is 28.3 Å². The molecule has 0 unspecified atom stereocenters. The zero-order chi connectivity index (χ0) is 19.9. The highest BCUT2D eigenvalue weighted by molar-refractivity contribution is 5.76. The van der Waals surface area contributed by atoms with Gasteiger partial charge in [0.05, 0.1) is 13.0 Å². The highest BCUT2D eigenvalue weighted by Gasteiger charge is 2.27. The molecule has 1 saturated carbocycles. The monoisotopic (exact) mass is 381 g/mol. The number of hydrogen-bond donors (Lipinski definition) is 2. The second kappa shape index (κ2) is 9.26. The summed E-state index contributed by atoms with van der Waals surface area (Å²) in [5.41, 5.74) is 12.9. The number of rotatable bonds is 6. The van der Waals surface area contributed by atoms with E-state index in [4.69, 9.17) is 20.9 Å². The number of guanidine groups is 1. The van der Waals surface area contributed by atoms with Gasteiger partial charge in [-0.25, -0.2) is 0 Å². The van der Waals surface area contributed by atoms with Gasteiger partial charge in [0.15, 0.2) is 5.96 Å². The van der Waals surface area contributed by atoms with Crippen LogP contribution in [0.15, 0.2) is 53.5 Å². The molecule has 0 radical (unpaired) electrons. The summed E-state index contributed by atoms with van der Waals surface area (Å²) in [4.78, 5) is 16.5. The maximum atomic E-state index is 12.5. The molecule has 2 aromatic rings. The Kier molecular flexibility index (Phi) is 6.53. The minimum Gasteiger partial charge on any atom is -0.497 e. The van der Waals surface area contributed by atoms with Crippen molar-refractivity contribution in [1.82, 2.24) is 0 Å². The van der Waals surface area contributed by atoms with Crippen LogP contribution in [0.25, 0.3) is 11.1 Å². The largest absolute Gasteiger partial charge is 0.497 e. The lowest BCUT2D eigenvalue weighted by atomic mass is 9.82. The molecule has 0 aliphatic heterocycles. The van der Waals surface area contributed by atoms with E-state index in [1.807, 2.05) is 48.5 Å². The molecule has 0 amide bonds. The molecule has 6 heteroatoms. The van der Waals surface area contributed by atoms with Crippen LogP contribution in [-0.4, -0.2) is 25.6 Å². The molecule has 0 heterocycles. The topological polar surface area (TPSA) is 99.9 Å². The van der Waals surface area contributed by atoms with Crippen molar-refractivity contribution >= 4 is 11.9 Å². The molecular weight excluding hydrogens is 354 g/mol. The lowest BCUT2D eigenvalue weighted by Crippen LogP contribution is -2.28. The second-order valence-corrected chi connectivity index (χ2v) is 7.16. The quantitative estimate of drug-likeness (QED) is 0.346. The number of carbonyl (C=O) groups is 1. The van der Waals surface area contributed by atoms with Crippen molar-refractivity contribution in [3.63, 3.8) is 0 Å². The number of ether oxygens (including phenoxy) is 2. The van der Waals surface area contributed by atoms with Gasteiger partial charge in [-0.2, -0.15) is 0 Å². The molecule has 148 valence electrons. The van der Waals surface area contributed by atoms with E-state index < -0.39 is 0 Å². The zero-order valence-electron chi connectivity index (χ0n) is 16.1. The predicted molar refractivity (Wildman–Crippen MR) is 110 cm³/mol. The number of methoxy groups -OCH3 is 1. The number of esters is 1. The van der Waals surface area contributed by atoms with E-state index in [1.165, 1.54) is 0 Å². The van der Waals surface area contributed by atoms with Crippen molar-refractivity contribution in [2.75, 3.05) is 13.7 Å². The van der Waals surface area contributed by atoms with E-state index in [0.29, 0.717) is 18.2 Å². The summed E-state index contributed by atoms with van der Waals surface area (Å²) in [6.07, 6.45) is 3.50. The number of carbonyl (C=O) groups excluding carboxylic acids is 1. The molecule has 0 spiro atoms. The Morgan fingerprint density at radius 2 is 1.46 bits per heavy atom. The first-order valence-electron chi connectivity index (χ1n) is 9.56. The molecular formula is C22H27N3O3. The minimum atomic E-state index is -0.155. The normalized spacial score (nSPS) is 18.9. The maximum Gasteiger partial charge on any atom is 0.314 e. The van der Waals surface area contributed by atoms with Gasteiger partial charge in [0.2, 0.25) is 0 Å². The molecule has 1 aliphatic rings. The van der Waals surface area contributed by atoms with Gasteiger partial charge in [-0.15, -0.1) is 0 Å². The molecule has 0 atom stereocenters. The maximum absolute atomic E-state index is 12.5. The molecule has 1 aliphatic carbocycles. The lowest BCUT2D eigenvalue weighted by Gasteiger charge is -2.26. The van der Waals surface area contributed by atoms with Crippen LogP contribution < -0.4 is 20.9 Å². The predicted octanol–water partition coefficient (Wildman–Crippen LogP) is 3.35. The van der Waals surface area contributed by atoms with E-state index in [1.54, 1.807) is 7.11 Å². The van der Waals surface area contributed by atoms with Gasteiger partial charge in [-0.3, -0.25) is 9.79 Å². The number of benzene rings is 2. The van der Waals surface area contributed by atoms with E-state index in [2.05, 4.69) is 4.99 Å². The van der Waals surface area contributed by atoms with E-state index >= 15 is 0 Å². The Balaban J connectivity index is 1.52. The average Bonchev–Trinajstić information content (AvgIpc) is 2.73. The molecule has 0 bridgehead atoms. The molecule has 0 aromatic heterocycles. The number of aliphatic imine (C=N–C) groups is 1. The summed E-state index contributed by atoms with van der Waals surface area (Å²) < 4.78 is 10.8. The molecule has 4 N–H and O–H groups in total. The van der Waals surface area contributed by atoms with Crippen molar-refractivity contribution in [2.45, 2.75) is 25.7 Å². The number of nitrogens with two attached hydrogens (primary N) is 2. The van der Waals surface area contributed by atoms with Crippen LogP contribution in [0.5, 0.6) is 11.5 Å². The standard InChI is InChI=1S/C22H27N3O3/c1-27-19-10-6-16(7-11-19)17-8-12-20(13-9-17)28-21(26)18-4-2-15(3-5-18)14-25-22(23)24/h6-13,15,18H,2-5,14H2,1H3,(H4,23,24,25). The van der Waals surface area contributed by atoms with Gasteiger partial charge in [0, 0.05) is 6.54 Å². The molecule has 6 nitrogen and oxygen atoms in total. The van der Waals surface area contributed by atoms with Crippen LogP contribution in [0, 0.1) is 11.8 Å². The van der Waals surface area contributed by atoms with Crippen molar-refractivity contribution in [3.8, 4) is 22.6 Å². The minimum absolute atomic E-state index is 0.0586. The fourth-order valence-corrected chi connectivity index (χ4v) is 3.51. The van der Waals surface area contributed by atoms with Gasteiger partial charge in [0.1, 0.15) is 11.5 Å². The Labute approximate surface area is 165 Å². The molecule has 0 saturated heterocycles. The molecule has 3 rings (SSSR count). The van der Waals surface area contributed by atoms with Crippen LogP contribution in [0.4, 0.5) is 0 Å². The van der Waals surface area contributed by atoms with E-state index in [-0.39, 0.29) is 17.8 Å². The Morgan fingerprint density at radius 1 is 0.929 bits per heavy atom. The smallest absolute Gasteiger partial charge is 0.314 e. The summed E-state index contributed by atoms with van der Waals surface area (Å²) >= 11 is 0. The fourth-order valence-electron chi connectivity index (χ4n) is 3.51. The Bertz CT molecular complexity index is 804. The third kappa shape index (κ3) is 5.25. The first kappa shape index (κ1) is 19.7. The van der Waals surface area contributed by atoms with Gasteiger partial charge < -0.3 is 20.9 Å². The van der Waals surface area contributed by atoms with Gasteiger partial charge in [-0.05, 0) is 67.0 Å². The average molecular weight is 381 g/mol. The number of hydrogen-bond acceptors (Lipinski definition) is 4. The first-order valence-corrected chi connectivity index (χ1v) is 9.56. The summed E-state index contributed by atoms with van der Waals surface area (Å²) in [6.45, 7) is 0.636. The summed E-state index contributed by atoms with van der Waals surface area (Å²) in [5, 5.41) is 0. The zero-order valence-corrected chi connectivity index (χ0v) is 16.1. The second-order valence-electron chi connectivity index (χ2n) is 7.16. The van der Waals surface area contributed by atoms with Gasteiger partial charge >= 0.3 is 5.97 Å². The SMILES string of the molecule is COc1ccc(-c2ccc(OC(=O)C3CCC(CN=C(N)N)CC3)cc2)cc1. The van der Waals surface area contributed by atoms with Crippen LogP contribution in [0.2, 0.25) is 0 Å². The molecule has 1 fully saturated rings. The molecule has 2 aromatic carbocycles. The Hall–Kier alpha value is -3.02. The summed E-state index contributed by atoms with van der Waals surface area (Å²) in [5.74, 6) is 1.75. The number of nitrogens with zero attached hydrogens (tertiary/aromatic N) is 1. The van der Waals surface area contributed by atoms with Crippen LogP contribution >= 0.6 is 0 Å². The van der Waals surface area contributed by atoms with Crippen molar-refractivity contribution < 1.29 is 14.3 Å². The van der Waals surface area contributed by atoms with E-state index in [0.717, 1.165) is 42.6 Å². The van der Waals surface area contributed by atoms with Crippen molar-refractivity contribution in [3.05, 3.63) is 48.5 Å². The highest BCUT2D eigenvalue weighted by atomic mass is 16.5. The third-order valence-corrected chi connectivity index (χ3v) is 5.21. The van der Waals surface area contributed by atoms with Crippen LogP contribution in [0.1, 0.15) is 25.7 Å². The van der Waals surface area contributed by atoms with Crippen LogP contribution in [0.3, 0.4) is 0 Å². The lowest BCUT2D eigenvalue weighted by molar-refractivity contribution is -0.140. The van der Waals surface area contributed by atoms with Crippen LogP contribution in [-0.2, 0) is 4.79 Å². The molecule has 28 heavy (non-hydrogen) atoms. The first-order chi connectivity index (χ1) is 13.5. The van der Waals surface area contributed by atoms with Gasteiger partial charge in [0.25, 0.3) is 0 Å². The van der Waals surface area contributed by atoms with Crippen molar-refractivity contribution in [1.29, 1.82) is 0 Å². The summed E-state index contributed by atoms with van der Waals surface area (Å²) in [6, 6.07) is 15.4. The fraction of sp³-hybridized carbons (Fsp3) is 0.364. The summed E-state index contributed by atoms with van der Waals surface area (Å²) in [7, 11) is 1.65. The third-order valence-electron chi connectivity index (χ3n) is 5.21.